The van der Waals surface area contributed by atoms with Gasteiger partial charge in [0.25, 0.3) is 0 Å². The molecule has 1 aromatic heterocycles. The number of piperazine rings is 1. The number of nitrogens with one attached hydrogen (secondary N) is 4. The molecule has 1 aliphatic heterocycles. The molecule has 2 aromatic rings. The molecule has 5 atom stereocenters. The van der Waals surface area contributed by atoms with Gasteiger partial charge in [-0.2, -0.15) is 0 Å². The number of aromatic amines is 1. The number of likely N-dealkylation sites (N-methyl/N-ethyl adjacent to an activating group) is 1. The van der Waals surface area contributed by atoms with E-state index in [4.69, 9.17) is 0 Å². The molecule has 0 spiro atoms. The maximum absolute atomic E-state index is 14.3. The number of aliphatic hydroxyl groups excluding tert-OH is 2. The molecule has 2 aliphatic rings. The third kappa shape index (κ3) is 11.0. The SMILES string of the molecule is CC(C)[C@@H](O)C[C@H](O)[C@H](CC1CCCCC1)NC(=O)[C@H](Cc1cnc[nH]1)N(C)C(=O)[C@H](Cc1ccccc1)NC(=O)N1CCNCC1. The van der Waals surface area contributed by atoms with Crippen LogP contribution in [-0.2, 0) is 22.4 Å². The molecule has 4 amide bonds. The summed E-state index contributed by atoms with van der Waals surface area (Å²) in [5.41, 5.74) is 1.56. The zero-order valence-corrected chi connectivity index (χ0v) is 28.2. The number of carbonyl (C=O) groups is 3. The monoisotopic (exact) mass is 653 g/mol. The first-order valence-corrected chi connectivity index (χ1v) is 17.3. The minimum Gasteiger partial charge on any atom is -0.393 e. The first-order valence-electron chi connectivity index (χ1n) is 17.3. The number of nitrogens with zero attached hydrogens (tertiary/aromatic N) is 3. The van der Waals surface area contributed by atoms with Crippen molar-refractivity contribution in [3.8, 4) is 0 Å². The maximum Gasteiger partial charge on any atom is 0.318 e. The number of aromatic nitrogens is 2. The van der Waals surface area contributed by atoms with E-state index in [0.717, 1.165) is 31.2 Å². The largest absolute Gasteiger partial charge is 0.393 e. The molecule has 47 heavy (non-hydrogen) atoms. The quantitative estimate of drug-likeness (QED) is 0.172. The van der Waals surface area contributed by atoms with E-state index in [2.05, 4.69) is 25.9 Å². The van der Waals surface area contributed by atoms with E-state index in [1.54, 1.807) is 18.1 Å². The fraction of sp³-hybridized carbons (Fsp3) is 0.657. The Kier molecular flexibility index (Phi) is 14.1. The van der Waals surface area contributed by atoms with Crippen LogP contribution in [0.25, 0.3) is 0 Å². The summed E-state index contributed by atoms with van der Waals surface area (Å²) in [5, 5.41) is 31.2. The first kappa shape index (κ1) is 36.4. The molecule has 1 saturated carbocycles. The first-order chi connectivity index (χ1) is 22.6. The summed E-state index contributed by atoms with van der Waals surface area (Å²) in [6.45, 7) is 6.24. The Hall–Kier alpha value is -3.48. The Morgan fingerprint density at radius 2 is 1.70 bits per heavy atom. The van der Waals surface area contributed by atoms with E-state index in [0.29, 0.717) is 44.2 Å². The van der Waals surface area contributed by atoms with E-state index >= 15 is 0 Å². The van der Waals surface area contributed by atoms with Crippen molar-refractivity contribution in [2.75, 3.05) is 33.2 Å². The van der Waals surface area contributed by atoms with E-state index in [-0.39, 0.29) is 31.2 Å². The number of aliphatic hydroxyl groups is 2. The van der Waals surface area contributed by atoms with Crippen molar-refractivity contribution in [2.45, 2.75) is 102 Å². The van der Waals surface area contributed by atoms with Gasteiger partial charge in [0.2, 0.25) is 11.8 Å². The molecule has 1 aliphatic carbocycles. The van der Waals surface area contributed by atoms with Crippen molar-refractivity contribution in [3.63, 3.8) is 0 Å². The predicted octanol–water partition coefficient (Wildman–Crippen LogP) is 2.23. The molecule has 12 heteroatoms. The zero-order valence-electron chi connectivity index (χ0n) is 28.2. The highest BCUT2D eigenvalue weighted by Gasteiger charge is 2.36. The Bertz CT molecular complexity index is 1230. The number of imidazole rings is 1. The van der Waals surface area contributed by atoms with Crippen LogP contribution in [0, 0.1) is 11.8 Å². The van der Waals surface area contributed by atoms with Crippen LogP contribution in [0.1, 0.15) is 70.1 Å². The predicted molar refractivity (Wildman–Crippen MR) is 180 cm³/mol. The molecule has 1 aromatic carbocycles. The average molecular weight is 654 g/mol. The van der Waals surface area contributed by atoms with Crippen molar-refractivity contribution in [3.05, 3.63) is 54.1 Å². The number of urea groups is 1. The standard InChI is InChI=1S/C35H55N7O5/c1-24(2)31(43)21-32(44)28(18-25-10-6-4-7-11-25)39-33(45)30(20-27-22-37-23-38-27)41(3)34(46)29(19-26-12-8-5-9-13-26)40-35(47)42-16-14-36-15-17-42/h5,8-9,12-13,22-25,28-32,36,43-44H,4,6-7,10-11,14-21H2,1-3H3,(H,37,38)(H,39,45)(H,40,47)/t28-,29-,30-,31-,32-/m0/s1. The van der Waals surface area contributed by atoms with Gasteiger partial charge in [0.15, 0.2) is 0 Å². The lowest BCUT2D eigenvalue weighted by atomic mass is 9.82. The van der Waals surface area contributed by atoms with Crippen molar-refractivity contribution in [1.82, 2.24) is 35.7 Å². The molecule has 1 saturated heterocycles. The molecule has 2 heterocycles. The maximum atomic E-state index is 14.3. The number of H-pyrrole nitrogens is 1. The lowest BCUT2D eigenvalue weighted by Crippen LogP contribution is -2.59. The van der Waals surface area contributed by atoms with E-state index in [1.807, 2.05) is 44.2 Å². The minimum absolute atomic E-state index is 0.0366. The number of benzene rings is 1. The van der Waals surface area contributed by atoms with Crippen molar-refractivity contribution >= 4 is 17.8 Å². The lowest BCUT2D eigenvalue weighted by Gasteiger charge is -2.35. The fourth-order valence-corrected chi connectivity index (χ4v) is 6.62. The van der Waals surface area contributed by atoms with Crippen LogP contribution in [0.5, 0.6) is 0 Å². The van der Waals surface area contributed by atoms with Gasteiger partial charge in [-0.15, -0.1) is 0 Å². The van der Waals surface area contributed by atoms with E-state index < -0.39 is 42.1 Å². The number of hydrogen-bond acceptors (Lipinski definition) is 7. The normalized spacial score (nSPS) is 19.0. The molecule has 4 rings (SSSR count). The summed E-state index contributed by atoms with van der Waals surface area (Å²) in [5.74, 6) is -0.468. The van der Waals surface area contributed by atoms with E-state index in [9.17, 15) is 24.6 Å². The summed E-state index contributed by atoms with van der Waals surface area (Å²) in [6.07, 6.45) is 8.18. The third-order valence-electron chi connectivity index (χ3n) is 9.73. The van der Waals surface area contributed by atoms with Crippen LogP contribution >= 0.6 is 0 Å². The van der Waals surface area contributed by atoms with Gasteiger partial charge in [-0.25, -0.2) is 9.78 Å². The summed E-state index contributed by atoms with van der Waals surface area (Å²) in [4.78, 5) is 52.1. The Balaban J connectivity index is 1.57. The van der Waals surface area contributed by atoms with Gasteiger partial charge in [-0.1, -0.05) is 76.3 Å². The zero-order chi connectivity index (χ0) is 33.8. The number of carbonyl (C=O) groups excluding carboxylic acids is 3. The summed E-state index contributed by atoms with van der Waals surface area (Å²) in [7, 11) is 1.59. The van der Waals surface area contributed by atoms with Crippen LogP contribution in [0.4, 0.5) is 4.79 Å². The van der Waals surface area contributed by atoms with Gasteiger partial charge in [0.05, 0.1) is 24.6 Å². The van der Waals surface area contributed by atoms with Gasteiger partial charge in [0, 0.05) is 64.4 Å². The van der Waals surface area contributed by atoms with Crippen LogP contribution < -0.4 is 16.0 Å². The highest BCUT2D eigenvalue weighted by molar-refractivity contribution is 5.92. The summed E-state index contributed by atoms with van der Waals surface area (Å²) >= 11 is 0. The van der Waals surface area contributed by atoms with Crippen LogP contribution in [-0.4, -0.2) is 111 Å². The van der Waals surface area contributed by atoms with Crippen LogP contribution in [0.15, 0.2) is 42.9 Å². The second-order valence-corrected chi connectivity index (χ2v) is 13.6. The van der Waals surface area contributed by atoms with Crippen molar-refractivity contribution in [1.29, 1.82) is 0 Å². The second-order valence-electron chi connectivity index (χ2n) is 13.6. The molecule has 2 fully saturated rings. The average Bonchev–Trinajstić information content (AvgIpc) is 3.60. The van der Waals surface area contributed by atoms with Gasteiger partial charge in [-0.05, 0) is 23.8 Å². The number of amides is 4. The van der Waals surface area contributed by atoms with Crippen LogP contribution in [0.2, 0.25) is 0 Å². The molecule has 0 unspecified atom stereocenters. The van der Waals surface area contributed by atoms with Crippen LogP contribution in [0.3, 0.4) is 0 Å². The topological polar surface area (TPSA) is 163 Å². The molecule has 6 N–H and O–H groups in total. The van der Waals surface area contributed by atoms with Gasteiger partial charge >= 0.3 is 6.03 Å². The highest BCUT2D eigenvalue weighted by Crippen LogP contribution is 2.29. The molecular weight excluding hydrogens is 598 g/mol. The van der Waals surface area contributed by atoms with Crippen molar-refractivity contribution < 1.29 is 24.6 Å². The second kappa shape index (κ2) is 18.2. The third-order valence-corrected chi connectivity index (χ3v) is 9.73. The Labute approximate surface area is 279 Å². The minimum atomic E-state index is -0.951. The molecule has 12 nitrogen and oxygen atoms in total. The number of rotatable bonds is 15. The van der Waals surface area contributed by atoms with Gasteiger partial charge in [-0.3, -0.25) is 9.59 Å². The molecular formula is C35H55N7O5. The summed E-state index contributed by atoms with van der Waals surface area (Å²) in [6, 6.07) is 6.74. The molecule has 0 bridgehead atoms. The van der Waals surface area contributed by atoms with Gasteiger partial charge < -0.3 is 40.9 Å². The summed E-state index contributed by atoms with van der Waals surface area (Å²) < 4.78 is 0. The van der Waals surface area contributed by atoms with Crippen molar-refractivity contribution in [2.24, 2.45) is 11.8 Å². The Morgan fingerprint density at radius 3 is 2.34 bits per heavy atom. The number of hydrogen-bond donors (Lipinski definition) is 6. The Morgan fingerprint density at radius 1 is 1.00 bits per heavy atom. The van der Waals surface area contributed by atoms with Gasteiger partial charge in [0.1, 0.15) is 12.1 Å². The fourth-order valence-electron chi connectivity index (χ4n) is 6.62. The smallest absolute Gasteiger partial charge is 0.318 e. The lowest BCUT2D eigenvalue weighted by molar-refractivity contribution is -0.141. The molecule has 0 radical (unpaired) electrons. The highest BCUT2D eigenvalue weighted by atomic mass is 16.3. The molecule has 260 valence electrons. The van der Waals surface area contributed by atoms with E-state index in [1.165, 1.54) is 17.6 Å².